The van der Waals surface area contributed by atoms with E-state index in [9.17, 15) is 14.3 Å². The number of carboxylic acid groups (broad SMARTS) is 1. The number of aromatic nitrogens is 2. The molecule has 1 aliphatic rings. The molecule has 2 heterocycles. The molecule has 0 atom stereocenters. The number of carbonyl (C=O) groups is 1. The molecule has 21 heavy (non-hydrogen) atoms. The normalized spacial score (nSPS) is 13.8. The molecule has 1 aromatic heterocycles. The number of aromatic carboxylic acids is 1. The first-order valence-electron chi connectivity index (χ1n) is 6.70. The Bertz CT molecular complexity index is 703. The van der Waals surface area contributed by atoms with Crippen molar-refractivity contribution in [2.75, 3.05) is 6.54 Å². The molecule has 2 aromatic rings. The lowest BCUT2D eigenvalue weighted by molar-refractivity contribution is 0.0688. The van der Waals surface area contributed by atoms with Gasteiger partial charge in [-0.15, -0.1) is 0 Å². The zero-order valence-electron chi connectivity index (χ0n) is 11.3. The molecule has 1 aliphatic heterocycles. The molecular weight excluding hydrogens is 273 g/mol. The summed E-state index contributed by atoms with van der Waals surface area (Å²) in [5.74, 6) is -0.970. The maximum absolute atomic E-state index is 13.2. The van der Waals surface area contributed by atoms with Crippen molar-refractivity contribution < 1.29 is 14.3 Å². The van der Waals surface area contributed by atoms with Crippen LogP contribution >= 0.6 is 0 Å². The van der Waals surface area contributed by atoms with Crippen LogP contribution in [-0.2, 0) is 19.4 Å². The molecule has 2 N–H and O–H groups in total. The highest BCUT2D eigenvalue weighted by Crippen LogP contribution is 2.17. The molecule has 0 radical (unpaired) electrons. The molecule has 0 fully saturated rings. The SMILES string of the molecule is O=C(O)c1nc(Cc2cccc(F)c2)nc2c1CCNC2. The number of benzene rings is 1. The average molecular weight is 287 g/mol. The fourth-order valence-electron chi connectivity index (χ4n) is 2.50. The van der Waals surface area contributed by atoms with Crippen molar-refractivity contribution in [2.24, 2.45) is 0 Å². The van der Waals surface area contributed by atoms with Gasteiger partial charge in [-0.3, -0.25) is 0 Å². The predicted molar refractivity (Wildman–Crippen MR) is 73.6 cm³/mol. The van der Waals surface area contributed by atoms with Gasteiger partial charge in [-0.2, -0.15) is 0 Å². The summed E-state index contributed by atoms with van der Waals surface area (Å²) in [7, 11) is 0. The van der Waals surface area contributed by atoms with Gasteiger partial charge in [0.15, 0.2) is 5.69 Å². The predicted octanol–water partition coefficient (Wildman–Crippen LogP) is 1.55. The number of nitrogens with one attached hydrogen (secondary N) is 1. The Labute approximate surface area is 120 Å². The number of fused-ring (bicyclic) bond motifs is 1. The van der Waals surface area contributed by atoms with E-state index < -0.39 is 5.97 Å². The number of halogens is 1. The summed E-state index contributed by atoms with van der Waals surface area (Å²) in [4.78, 5) is 19.9. The van der Waals surface area contributed by atoms with E-state index in [1.54, 1.807) is 12.1 Å². The van der Waals surface area contributed by atoms with Crippen LogP contribution in [0.1, 0.15) is 33.1 Å². The highest BCUT2D eigenvalue weighted by molar-refractivity contribution is 5.87. The van der Waals surface area contributed by atoms with Gasteiger partial charge in [0, 0.05) is 18.5 Å². The van der Waals surface area contributed by atoms with Crippen LogP contribution in [0.5, 0.6) is 0 Å². The maximum Gasteiger partial charge on any atom is 0.354 e. The summed E-state index contributed by atoms with van der Waals surface area (Å²) in [5.41, 5.74) is 2.20. The molecule has 0 saturated carbocycles. The van der Waals surface area contributed by atoms with Gasteiger partial charge >= 0.3 is 5.97 Å². The first-order valence-corrected chi connectivity index (χ1v) is 6.70. The van der Waals surface area contributed by atoms with Crippen LogP contribution in [0.2, 0.25) is 0 Å². The summed E-state index contributed by atoms with van der Waals surface area (Å²) in [6.45, 7) is 1.26. The summed E-state index contributed by atoms with van der Waals surface area (Å²) < 4.78 is 13.2. The molecule has 108 valence electrons. The van der Waals surface area contributed by atoms with Crippen LogP contribution in [0.25, 0.3) is 0 Å². The third-order valence-corrected chi connectivity index (χ3v) is 3.44. The van der Waals surface area contributed by atoms with Gasteiger partial charge in [-0.05, 0) is 30.7 Å². The molecule has 0 aliphatic carbocycles. The third kappa shape index (κ3) is 2.90. The Morgan fingerprint density at radius 2 is 2.24 bits per heavy atom. The lowest BCUT2D eigenvalue weighted by Crippen LogP contribution is -2.28. The third-order valence-electron chi connectivity index (χ3n) is 3.44. The highest BCUT2D eigenvalue weighted by atomic mass is 19.1. The van der Waals surface area contributed by atoms with Gasteiger partial charge in [-0.25, -0.2) is 19.2 Å². The van der Waals surface area contributed by atoms with Gasteiger partial charge in [0.05, 0.1) is 5.69 Å². The number of carboxylic acids is 1. The van der Waals surface area contributed by atoms with Crippen molar-refractivity contribution in [1.82, 2.24) is 15.3 Å². The lowest BCUT2D eigenvalue weighted by Gasteiger charge is -2.18. The van der Waals surface area contributed by atoms with Gasteiger partial charge in [0.1, 0.15) is 11.6 Å². The Morgan fingerprint density at radius 3 is 3.00 bits per heavy atom. The average Bonchev–Trinajstić information content (AvgIpc) is 2.46. The Balaban J connectivity index is 1.99. The maximum atomic E-state index is 13.2. The second kappa shape index (κ2) is 5.57. The zero-order chi connectivity index (χ0) is 14.8. The minimum absolute atomic E-state index is 0.0629. The topological polar surface area (TPSA) is 75.1 Å². The minimum atomic E-state index is -1.05. The molecule has 3 rings (SSSR count). The fourth-order valence-corrected chi connectivity index (χ4v) is 2.50. The van der Waals surface area contributed by atoms with Crippen LogP contribution < -0.4 is 5.32 Å². The largest absolute Gasteiger partial charge is 0.477 e. The first kappa shape index (κ1) is 13.6. The van der Waals surface area contributed by atoms with Crippen LogP contribution in [0.15, 0.2) is 24.3 Å². The van der Waals surface area contributed by atoms with E-state index in [1.807, 2.05) is 0 Å². The second-order valence-electron chi connectivity index (χ2n) is 4.95. The molecule has 5 nitrogen and oxygen atoms in total. The summed E-state index contributed by atoms with van der Waals surface area (Å²) in [6, 6.07) is 6.15. The lowest BCUT2D eigenvalue weighted by atomic mass is 10.0. The molecule has 0 saturated heterocycles. The first-order chi connectivity index (χ1) is 10.1. The molecule has 6 heteroatoms. The van der Waals surface area contributed by atoms with Crippen molar-refractivity contribution in [2.45, 2.75) is 19.4 Å². The molecule has 0 amide bonds. The monoisotopic (exact) mass is 287 g/mol. The van der Waals surface area contributed by atoms with E-state index >= 15 is 0 Å². The summed E-state index contributed by atoms with van der Waals surface area (Å²) in [6.07, 6.45) is 0.919. The van der Waals surface area contributed by atoms with E-state index in [2.05, 4.69) is 15.3 Å². The van der Waals surface area contributed by atoms with Crippen LogP contribution in [0.4, 0.5) is 4.39 Å². The molecule has 1 aromatic carbocycles. The Hall–Kier alpha value is -2.34. The van der Waals surface area contributed by atoms with Gasteiger partial charge in [0.2, 0.25) is 0 Å². The standard InChI is InChI=1S/C15H14FN3O2/c16-10-3-1-2-9(6-10)7-13-18-12-8-17-5-4-11(12)14(19-13)15(20)21/h1-3,6,17H,4-5,7-8H2,(H,20,21). The van der Waals surface area contributed by atoms with Crippen molar-refractivity contribution in [3.63, 3.8) is 0 Å². The van der Waals surface area contributed by atoms with E-state index in [1.165, 1.54) is 12.1 Å². The van der Waals surface area contributed by atoms with E-state index in [0.717, 1.165) is 17.8 Å². The molecule has 0 unspecified atom stereocenters. The number of nitrogens with zero attached hydrogens (tertiary/aromatic N) is 2. The van der Waals surface area contributed by atoms with E-state index in [-0.39, 0.29) is 11.5 Å². The molecule has 0 spiro atoms. The van der Waals surface area contributed by atoms with E-state index in [0.29, 0.717) is 30.8 Å². The Kier molecular flexibility index (Phi) is 3.62. The second-order valence-corrected chi connectivity index (χ2v) is 4.95. The van der Waals surface area contributed by atoms with Crippen LogP contribution in [0, 0.1) is 5.82 Å². The number of hydrogen-bond donors (Lipinski definition) is 2. The van der Waals surface area contributed by atoms with Crippen LogP contribution in [-0.4, -0.2) is 27.6 Å². The highest BCUT2D eigenvalue weighted by Gasteiger charge is 2.21. The van der Waals surface area contributed by atoms with Gasteiger partial charge in [-0.1, -0.05) is 12.1 Å². The summed E-state index contributed by atoms with van der Waals surface area (Å²) in [5, 5.41) is 12.5. The van der Waals surface area contributed by atoms with Gasteiger partial charge < -0.3 is 10.4 Å². The van der Waals surface area contributed by atoms with Gasteiger partial charge in [0.25, 0.3) is 0 Å². The fraction of sp³-hybridized carbons (Fsp3) is 0.267. The van der Waals surface area contributed by atoms with E-state index in [4.69, 9.17) is 0 Å². The molecular formula is C15H14FN3O2. The Morgan fingerprint density at radius 1 is 1.38 bits per heavy atom. The number of hydrogen-bond acceptors (Lipinski definition) is 4. The van der Waals surface area contributed by atoms with Crippen molar-refractivity contribution in [3.05, 3.63) is 58.4 Å². The minimum Gasteiger partial charge on any atom is -0.477 e. The smallest absolute Gasteiger partial charge is 0.354 e. The summed E-state index contributed by atoms with van der Waals surface area (Å²) >= 11 is 0. The molecule has 0 bridgehead atoms. The number of rotatable bonds is 3. The zero-order valence-corrected chi connectivity index (χ0v) is 11.3. The van der Waals surface area contributed by atoms with Crippen LogP contribution in [0.3, 0.4) is 0 Å². The van der Waals surface area contributed by atoms with Crippen molar-refractivity contribution >= 4 is 5.97 Å². The van der Waals surface area contributed by atoms with Crippen molar-refractivity contribution in [3.8, 4) is 0 Å². The quantitative estimate of drug-likeness (QED) is 0.896. The van der Waals surface area contributed by atoms with Crippen molar-refractivity contribution in [1.29, 1.82) is 0 Å².